The van der Waals surface area contributed by atoms with Crippen LogP contribution in [0.2, 0.25) is 0 Å². The summed E-state index contributed by atoms with van der Waals surface area (Å²) in [7, 11) is 0. The smallest absolute Gasteiger partial charge is 0.308 e. The third kappa shape index (κ3) is 4.32. The molecule has 0 radical (unpaired) electrons. The highest BCUT2D eigenvalue weighted by atomic mass is 32.1. The predicted molar refractivity (Wildman–Crippen MR) is 96.5 cm³/mol. The number of amides is 2. The molecule has 1 aliphatic rings. The number of benzene rings is 1. The average Bonchev–Trinajstić information content (AvgIpc) is 2.89. The van der Waals surface area contributed by atoms with E-state index in [2.05, 4.69) is 22.5 Å². The molecule has 1 aromatic heterocycles. The van der Waals surface area contributed by atoms with E-state index in [1.807, 2.05) is 24.3 Å². The van der Waals surface area contributed by atoms with Gasteiger partial charge in [-0.15, -0.1) is 11.3 Å². The van der Waals surface area contributed by atoms with Crippen LogP contribution in [0.1, 0.15) is 48.7 Å². The molecule has 1 aromatic carbocycles. The molecular weight excluding hydrogens is 306 g/mol. The Morgan fingerprint density at radius 1 is 1.09 bits per heavy atom. The number of rotatable bonds is 3. The van der Waals surface area contributed by atoms with Gasteiger partial charge >= 0.3 is 6.03 Å². The summed E-state index contributed by atoms with van der Waals surface area (Å²) in [5, 5.41) is 6.45. The molecule has 0 saturated carbocycles. The van der Waals surface area contributed by atoms with Gasteiger partial charge in [0.05, 0.1) is 5.69 Å². The molecule has 3 rings (SSSR count). The lowest BCUT2D eigenvalue weighted by atomic mass is 10.0. The summed E-state index contributed by atoms with van der Waals surface area (Å²) in [4.78, 5) is 18.1. The number of thiazole rings is 1. The zero-order valence-corrected chi connectivity index (χ0v) is 14.3. The normalized spacial score (nSPS) is 14.5. The van der Waals surface area contributed by atoms with E-state index in [4.69, 9.17) is 0 Å². The van der Waals surface area contributed by atoms with Crippen LogP contribution in [0.4, 0.5) is 15.6 Å². The van der Waals surface area contributed by atoms with Gasteiger partial charge in [-0.2, -0.15) is 0 Å². The van der Waals surface area contributed by atoms with Crippen LogP contribution in [0.15, 0.2) is 24.3 Å². The van der Waals surface area contributed by atoms with Crippen LogP contribution in [0, 0.1) is 0 Å². The van der Waals surface area contributed by atoms with Crippen molar-refractivity contribution >= 4 is 28.2 Å². The Morgan fingerprint density at radius 2 is 1.83 bits per heavy atom. The van der Waals surface area contributed by atoms with Crippen LogP contribution in [-0.2, 0) is 19.3 Å². The van der Waals surface area contributed by atoms with Gasteiger partial charge in [-0.05, 0) is 49.8 Å². The third-order valence-electron chi connectivity index (χ3n) is 4.19. The quantitative estimate of drug-likeness (QED) is 0.832. The molecule has 122 valence electrons. The largest absolute Gasteiger partial charge is 0.325 e. The number of urea groups is 1. The first-order chi connectivity index (χ1) is 11.2. The number of nitrogens with zero attached hydrogens (tertiary/aromatic N) is 1. The van der Waals surface area contributed by atoms with Crippen LogP contribution >= 0.6 is 11.3 Å². The lowest BCUT2D eigenvalue weighted by Gasteiger charge is -2.06. The molecule has 0 aliphatic heterocycles. The number of nitrogens with one attached hydrogen (secondary N) is 2. The van der Waals surface area contributed by atoms with Crippen molar-refractivity contribution in [3.05, 3.63) is 40.4 Å². The molecule has 0 fully saturated rings. The predicted octanol–water partition coefficient (Wildman–Crippen LogP) is 5.01. The summed E-state index contributed by atoms with van der Waals surface area (Å²) in [5.41, 5.74) is 3.24. The number of aryl methyl sites for hydroxylation is 3. The summed E-state index contributed by atoms with van der Waals surface area (Å²) >= 11 is 1.62. The first kappa shape index (κ1) is 16.0. The van der Waals surface area contributed by atoms with E-state index in [0.717, 1.165) is 24.9 Å². The highest BCUT2D eigenvalue weighted by molar-refractivity contribution is 7.15. The van der Waals surface area contributed by atoms with E-state index in [1.54, 1.807) is 11.3 Å². The monoisotopic (exact) mass is 329 g/mol. The zero-order chi connectivity index (χ0) is 16.1. The van der Waals surface area contributed by atoms with Gasteiger partial charge in [0.1, 0.15) is 0 Å². The minimum atomic E-state index is -0.226. The number of carbonyl (C=O) groups is 1. The van der Waals surface area contributed by atoms with Crippen LogP contribution in [0.5, 0.6) is 0 Å². The van der Waals surface area contributed by atoms with Crippen molar-refractivity contribution in [1.29, 1.82) is 0 Å². The zero-order valence-electron chi connectivity index (χ0n) is 13.5. The maximum atomic E-state index is 12.1. The second-order valence-corrected chi connectivity index (χ2v) is 7.02. The molecule has 2 N–H and O–H groups in total. The highest BCUT2D eigenvalue weighted by Crippen LogP contribution is 2.28. The molecule has 1 aliphatic carbocycles. The number of carbonyl (C=O) groups excluding carboxylic acids is 1. The molecule has 23 heavy (non-hydrogen) atoms. The Kier molecular flexibility index (Phi) is 5.28. The fourth-order valence-corrected chi connectivity index (χ4v) is 3.89. The van der Waals surface area contributed by atoms with E-state index >= 15 is 0 Å². The first-order valence-electron chi connectivity index (χ1n) is 8.40. The summed E-state index contributed by atoms with van der Waals surface area (Å²) in [6, 6.07) is 7.70. The van der Waals surface area contributed by atoms with Crippen molar-refractivity contribution in [2.75, 3.05) is 10.6 Å². The van der Waals surface area contributed by atoms with Crippen LogP contribution in [-0.4, -0.2) is 11.0 Å². The SMILES string of the molecule is CCc1ccc(NC(=O)Nc2nc3c(s2)CCCCCC3)cc1. The van der Waals surface area contributed by atoms with Gasteiger partial charge in [0.2, 0.25) is 0 Å². The van der Waals surface area contributed by atoms with Gasteiger partial charge in [0, 0.05) is 10.6 Å². The molecule has 0 atom stereocenters. The number of fused-ring (bicyclic) bond motifs is 1. The Hall–Kier alpha value is -1.88. The molecule has 0 saturated heterocycles. The average molecular weight is 329 g/mol. The van der Waals surface area contributed by atoms with E-state index in [9.17, 15) is 4.79 Å². The molecular formula is C18H23N3OS. The maximum absolute atomic E-state index is 12.1. The van der Waals surface area contributed by atoms with Crippen molar-refractivity contribution in [2.24, 2.45) is 0 Å². The van der Waals surface area contributed by atoms with Gasteiger partial charge in [-0.3, -0.25) is 5.32 Å². The topological polar surface area (TPSA) is 54.0 Å². The van der Waals surface area contributed by atoms with Crippen LogP contribution in [0.3, 0.4) is 0 Å². The maximum Gasteiger partial charge on any atom is 0.325 e. The number of aromatic nitrogens is 1. The van der Waals surface area contributed by atoms with Crippen molar-refractivity contribution < 1.29 is 4.79 Å². The Balaban J connectivity index is 1.61. The fourth-order valence-electron chi connectivity index (χ4n) is 2.84. The highest BCUT2D eigenvalue weighted by Gasteiger charge is 2.14. The summed E-state index contributed by atoms with van der Waals surface area (Å²) < 4.78 is 0. The van der Waals surface area contributed by atoms with E-state index in [0.29, 0.717) is 5.13 Å². The fraction of sp³-hybridized carbons (Fsp3) is 0.444. The molecule has 2 amide bonds. The molecule has 2 aromatic rings. The van der Waals surface area contributed by atoms with Crippen molar-refractivity contribution in [3.63, 3.8) is 0 Å². The molecule has 0 spiro atoms. The van der Waals surface area contributed by atoms with Gasteiger partial charge < -0.3 is 5.32 Å². The van der Waals surface area contributed by atoms with E-state index < -0.39 is 0 Å². The van der Waals surface area contributed by atoms with Crippen molar-refractivity contribution in [2.45, 2.75) is 51.9 Å². The van der Waals surface area contributed by atoms with Gasteiger partial charge in [-0.1, -0.05) is 31.9 Å². The lowest BCUT2D eigenvalue weighted by Crippen LogP contribution is -2.19. The second-order valence-electron chi connectivity index (χ2n) is 5.93. The molecule has 0 bridgehead atoms. The Bertz CT molecular complexity index is 638. The summed E-state index contributed by atoms with van der Waals surface area (Å²) in [6.45, 7) is 2.11. The van der Waals surface area contributed by atoms with Crippen LogP contribution < -0.4 is 10.6 Å². The minimum Gasteiger partial charge on any atom is -0.308 e. The minimum absolute atomic E-state index is 0.226. The van der Waals surface area contributed by atoms with E-state index in [-0.39, 0.29) is 6.03 Å². The Morgan fingerprint density at radius 3 is 2.57 bits per heavy atom. The van der Waals surface area contributed by atoms with Gasteiger partial charge in [-0.25, -0.2) is 9.78 Å². The van der Waals surface area contributed by atoms with Gasteiger partial charge in [0.25, 0.3) is 0 Å². The second kappa shape index (κ2) is 7.59. The summed E-state index contributed by atoms with van der Waals surface area (Å²) in [6.07, 6.45) is 8.14. The Labute approximate surface area is 141 Å². The molecule has 4 nitrogen and oxygen atoms in total. The number of hydrogen-bond donors (Lipinski definition) is 2. The standard InChI is InChI=1S/C18H23N3OS/c1-2-13-9-11-14(12-10-13)19-17(22)21-18-20-15-7-5-3-4-6-8-16(15)23-18/h9-12H,2-8H2,1H3,(H2,19,20,21,22). The third-order valence-corrected chi connectivity index (χ3v) is 5.26. The molecule has 1 heterocycles. The van der Waals surface area contributed by atoms with Crippen molar-refractivity contribution in [1.82, 2.24) is 4.98 Å². The lowest BCUT2D eigenvalue weighted by molar-refractivity contribution is 0.262. The first-order valence-corrected chi connectivity index (χ1v) is 9.22. The number of hydrogen-bond acceptors (Lipinski definition) is 3. The van der Waals surface area contributed by atoms with Crippen LogP contribution in [0.25, 0.3) is 0 Å². The van der Waals surface area contributed by atoms with E-state index in [1.165, 1.54) is 41.8 Å². The number of anilines is 2. The molecule has 0 unspecified atom stereocenters. The summed E-state index contributed by atoms with van der Waals surface area (Å²) in [5.74, 6) is 0. The van der Waals surface area contributed by atoms with Crippen molar-refractivity contribution in [3.8, 4) is 0 Å². The van der Waals surface area contributed by atoms with Gasteiger partial charge in [0.15, 0.2) is 5.13 Å². The molecule has 5 heteroatoms.